The third-order valence-electron chi connectivity index (χ3n) is 1.57. The lowest BCUT2D eigenvalue weighted by Gasteiger charge is -1.99. The minimum atomic E-state index is -0.275. The highest BCUT2D eigenvalue weighted by Crippen LogP contribution is 2.15. The van der Waals surface area contributed by atoms with Crippen molar-refractivity contribution in [2.24, 2.45) is 0 Å². The Labute approximate surface area is 89.2 Å². The van der Waals surface area contributed by atoms with Gasteiger partial charge in [0.15, 0.2) is 5.13 Å². The molecule has 0 unspecified atom stereocenters. The molecule has 0 spiro atoms. The van der Waals surface area contributed by atoms with Crippen molar-refractivity contribution < 1.29 is 4.79 Å². The molecule has 6 nitrogen and oxygen atoms in total. The lowest BCUT2D eigenvalue weighted by Crippen LogP contribution is -2.11. The van der Waals surface area contributed by atoms with Crippen LogP contribution < -0.4 is 11.1 Å². The van der Waals surface area contributed by atoms with E-state index in [1.54, 1.807) is 12.3 Å². The largest absolute Gasteiger partial charge is 0.375 e. The number of nitrogens with zero attached hydrogens (tertiary/aromatic N) is 3. The van der Waals surface area contributed by atoms with Gasteiger partial charge in [-0.3, -0.25) is 4.79 Å². The second-order valence-electron chi connectivity index (χ2n) is 2.61. The van der Waals surface area contributed by atoms with Crippen molar-refractivity contribution in [3.63, 3.8) is 0 Å². The molecule has 0 aliphatic carbocycles. The number of aromatic nitrogens is 3. The fourth-order valence-electron chi connectivity index (χ4n) is 0.935. The quantitative estimate of drug-likeness (QED) is 0.781. The molecule has 3 N–H and O–H groups in total. The number of carbonyl (C=O) groups excluding carboxylic acids is 1. The average molecular weight is 221 g/mol. The highest BCUT2D eigenvalue weighted by molar-refractivity contribution is 7.17. The van der Waals surface area contributed by atoms with Crippen LogP contribution in [0.3, 0.4) is 0 Å². The Morgan fingerprint density at radius 2 is 2.33 bits per heavy atom. The van der Waals surface area contributed by atoms with E-state index >= 15 is 0 Å². The maximum absolute atomic E-state index is 11.6. The van der Waals surface area contributed by atoms with Gasteiger partial charge in [-0.15, -0.1) is 0 Å². The van der Waals surface area contributed by atoms with Crippen LogP contribution in [0.4, 0.5) is 10.9 Å². The van der Waals surface area contributed by atoms with Crippen molar-refractivity contribution in [2.75, 3.05) is 11.1 Å². The van der Waals surface area contributed by atoms with Gasteiger partial charge in [-0.25, -0.2) is 15.0 Å². The van der Waals surface area contributed by atoms with Crippen molar-refractivity contribution in [1.82, 2.24) is 15.0 Å². The number of amides is 1. The molecule has 0 radical (unpaired) electrons. The number of carbonyl (C=O) groups is 1. The van der Waals surface area contributed by atoms with Gasteiger partial charge in [0, 0.05) is 6.20 Å². The number of nitrogens with two attached hydrogens (primary N) is 1. The van der Waals surface area contributed by atoms with Crippen LogP contribution >= 0.6 is 11.3 Å². The second kappa shape index (κ2) is 4.01. The Balaban J connectivity index is 2.11. The molecule has 0 atom stereocenters. The van der Waals surface area contributed by atoms with E-state index in [1.165, 1.54) is 12.5 Å². The van der Waals surface area contributed by atoms with Crippen LogP contribution in [-0.4, -0.2) is 20.9 Å². The summed E-state index contributed by atoms with van der Waals surface area (Å²) in [6, 6.07) is 1.60. The Morgan fingerprint density at radius 1 is 1.47 bits per heavy atom. The summed E-state index contributed by atoms with van der Waals surface area (Å²) in [7, 11) is 0. The van der Waals surface area contributed by atoms with Crippen molar-refractivity contribution in [3.8, 4) is 0 Å². The van der Waals surface area contributed by atoms with Crippen LogP contribution in [0.15, 0.2) is 24.8 Å². The van der Waals surface area contributed by atoms with Gasteiger partial charge in [0.25, 0.3) is 5.91 Å². The smallest absolute Gasteiger partial charge is 0.268 e. The molecule has 7 heteroatoms. The Bertz CT molecular complexity index is 469. The molecule has 0 saturated carbocycles. The highest BCUT2D eigenvalue weighted by Gasteiger charge is 2.09. The van der Waals surface area contributed by atoms with Gasteiger partial charge in [-0.1, -0.05) is 11.3 Å². The molecule has 2 aromatic heterocycles. The van der Waals surface area contributed by atoms with Gasteiger partial charge in [0.05, 0.1) is 6.20 Å². The average Bonchev–Trinajstić information content (AvgIpc) is 2.66. The summed E-state index contributed by atoms with van der Waals surface area (Å²) in [4.78, 5) is 23.4. The highest BCUT2D eigenvalue weighted by atomic mass is 32.1. The molecule has 0 saturated heterocycles. The number of nitrogens with one attached hydrogen (secondary N) is 1. The van der Waals surface area contributed by atoms with E-state index in [2.05, 4.69) is 20.3 Å². The van der Waals surface area contributed by atoms with Gasteiger partial charge in [-0.2, -0.15) is 0 Å². The van der Waals surface area contributed by atoms with Gasteiger partial charge in [0.2, 0.25) is 0 Å². The van der Waals surface area contributed by atoms with Gasteiger partial charge in [0.1, 0.15) is 17.0 Å². The van der Waals surface area contributed by atoms with Gasteiger partial charge < -0.3 is 11.1 Å². The van der Waals surface area contributed by atoms with E-state index in [1.807, 2.05) is 0 Å². The first kappa shape index (κ1) is 9.53. The number of hydrogen-bond donors (Lipinski definition) is 2. The van der Waals surface area contributed by atoms with Crippen LogP contribution in [-0.2, 0) is 0 Å². The molecule has 0 aliphatic rings. The Morgan fingerprint density at radius 3 is 2.93 bits per heavy atom. The molecule has 2 rings (SSSR count). The molecular formula is C8H7N5OS. The molecule has 15 heavy (non-hydrogen) atoms. The van der Waals surface area contributed by atoms with E-state index < -0.39 is 0 Å². The van der Waals surface area contributed by atoms with E-state index in [4.69, 9.17) is 5.73 Å². The normalized spacial score (nSPS) is 9.87. The van der Waals surface area contributed by atoms with Gasteiger partial charge in [-0.05, 0) is 6.07 Å². The molecule has 0 fully saturated rings. The van der Waals surface area contributed by atoms with E-state index in [0.29, 0.717) is 15.8 Å². The van der Waals surface area contributed by atoms with Crippen LogP contribution in [0.25, 0.3) is 0 Å². The Kier molecular flexibility index (Phi) is 2.55. The zero-order valence-electron chi connectivity index (χ0n) is 7.54. The lowest BCUT2D eigenvalue weighted by molar-refractivity contribution is 0.103. The topological polar surface area (TPSA) is 93.8 Å². The molecule has 2 aromatic rings. The fourth-order valence-corrected chi connectivity index (χ4v) is 1.52. The number of hydrogen-bond acceptors (Lipinski definition) is 6. The van der Waals surface area contributed by atoms with E-state index in [-0.39, 0.29) is 5.91 Å². The maximum Gasteiger partial charge on any atom is 0.268 e. The molecule has 0 bridgehead atoms. The number of rotatable bonds is 2. The molecule has 2 heterocycles. The Hall–Kier alpha value is -2.02. The first-order chi connectivity index (χ1) is 7.25. The first-order valence-corrected chi connectivity index (χ1v) is 4.86. The third kappa shape index (κ3) is 2.26. The standard InChI is InChI=1S/C8H7N5OS/c9-8-11-3-5(15-8)7(14)13-6-1-2-10-4-12-6/h1-4H,(H2,9,11)(H,10,12,13,14). The van der Waals surface area contributed by atoms with Crippen molar-refractivity contribution in [3.05, 3.63) is 29.7 Å². The summed E-state index contributed by atoms with van der Waals surface area (Å²) in [6.07, 6.45) is 4.33. The fraction of sp³-hybridized carbons (Fsp3) is 0. The van der Waals surface area contributed by atoms with Crippen molar-refractivity contribution in [1.29, 1.82) is 0 Å². The molecule has 1 amide bonds. The van der Waals surface area contributed by atoms with Crippen LogP contribution in [0, 0.1) is 0 Å². The molecule has 0 aliphatic heterocycles. The minimum Gasteiger partial charge on any atom is -0.375 e. The zero-order valence-corrected chi connectivity index (χ0v) is 8.36. The third-order valence-corrected chi connectivity index (χ3v) is 2.40. The summed E-state index contributed by atoms with van der Waals surface area (Å²) in [5.41, 5.74) is 5.41. The SMILES string of the molecule is Nc1ncc(C(=O)Nc2ccncn2)s1. The summed E-state index contributed by atoms with van der Waals surface area (Å²) in [6.45, 7) is 0. The summed E-state index contributed by atoms with van der Waals surface area (Å²) >= 11 is 1.13. The van der Waals surface area contributed by atoms with Crippen LogP contribution in [0.5, 0.6) is 0 Å². The summed E-state index contributed by atoms with van der Waals surface area (Å²) in [5, 5.41) is 2.96. The van der Waals surface area contributed by atoms with Crippen molar-refractivity contribution in [2.45, 2.75) is 0 Å². The predicted molar refractivity (Wildman–Crippen MR) is 56.5 cm³/mol. The molecule has 76 valence electrons. The maximum atomic E-state index is 11.6. The monoisotopic (exact) mass is 221 g/mol. The predicted octanol–water partition coefficient (Wildman–Crippen LogP) is 0.768. The number of thiazole rings is 1. The number of anilines is 2. The first-order valence-electron chi connectivity index (χ1n) is 4.04. The summed E-state index contributed by atoms with van der Waals surface area (Å²) < 4.78 is 0. The van der Waals surface area contributed by atoms with Crippen LogP contribution in [0.1, 0.15) is 9.67 Å². The van der Waals surface area contributed by atoms with Crippen molar-refractivity contribution >= 4 is 28.2 Å². The summed E-state index contributed by atoms with van der Waals surface area (Å²) in [5.74, 6) is 0.171. The number of nitrogen functional groups attached to an aromatic ring is 1. The van der Waals surface area contributed by atoms with E-state index in [9.17, 15) is 4.79 Å². The molecular weight excluding hydrogens is 214 g/mol. The van der Waals surface area contributed by atoms with E-state index in [0.717, 1.165) is 11.3 Å². The lowest BCUT2D eigenvalue weighted by atomic mass is 10.5. The second-order valence-corrected chi connectivity index (χ2v) is 3.67. The van der Waals surface area contributed by atoms with Crippen LogP contribution in [0.2, 0.25) is 0 Å². The molecule has 0 aromatic carbocycles. The zero-order chi connectivity index (χ0) is 10.7. The minimum absolute atomic E-state index is 0.275. The van der Waals surface area contributed by atoms with Gasteiger partial charge >= 0.3 is 0 Å².